The van der Waals surface area contributed by atoms with Crippen molar-refractivity contribution in [3.63, 3.8) is 0 Å². The van der Waals surface area contributed by atoms with Gasteiger partial charge in [0.25, 0.3) is 0 Å². The van der Waals surface area contributed by atoms with Gasteiger partial charge < -0.3 is 4.74 Å². The third kappa shape index (κ3) is 2.79. The van der Waals surface area contributed by atoms with Gasteiger partial charge in [0.15, 0.2) is 0 Å². The highest BCUT2D eigenvalue weighted by molar-refractivity contribution is 9.10. The van der Waals surface area contributed by atoms with E-state index in [1.165, 1.54) is 12.1 Å². The zero-order valence-electron chi connectivity index (χ0n) is 8.52. The molecule has 1 aromatic heterocycles. The molecule has 1 heterocycles. The number of aryl methyl sites for hydroxylation is 1. The Balaban J connectivity index is 2.04. The fourth-order valence-corrected chi connectivity index (χ4v) is 1.67. The lowest BCUT2D eigenvalue weighted by Gasteiger charge is -2.04. The molecule has 0 aliphatic carbocycles. The van der Waals surface area contributed by atoms with Gasteiger partial charge in [-0.25, -0.2) is 4.39 Å². The predicted molar refractivity (Wildman–Crippen MR) is 59.4 cm³/mol. The van der Waals surface area contributed by atoms with Crippen molar-refractivity contribution in [1.29, 1.82) is 0 Å². The number of halogens is 2. The number of rotatable bonds is 3. The lowest BCUT2D eigenvalue weighted by atomic mass is 10.3. The van der Waals surface area contributed by atoms with Crippen molar-refractivity contribution in [3.05, 3.63) is 40.4 Å². The monoisotopic (exact) mass is 285 g/mol. The lowest BCUT2D eigenvalue weighted by molar-refractivity contribution is 0.299. The topological polar surface area (TPSA) is 39.9 Å². The normalized spacial score (nSPS) is 10.4. The van der Waals surface area contributed by atoms with Crippen molar-refractivity contribution in [2.24, 2.45) is 7.05 Å². The van der Waals surface area contributed by atoms with E-state index in [0.29, 0.717) is 15.9 Å². The molecule has 2 aromatic rings. The molecule has 0 aliphatic heterocycles. The molecule has 0 bridgehead atoms. The summed E-state index contributed by atoms with van der Waals surface area (Å²) in [5, 5.41) is 7.63. The average Bonchev–Trinajstić information content (AvgIpc) is 2.60. The van der Waals surface area contributed by atoms with Gasteiger partial charge in [-0.3, -0.25) is 4.68 Å². The molecular weight excluding hydrogens is 277 g/mol. The molecule has 0 spiro atoms. The molecule has 16 heavy (non-hydrogen) atoms. The minimum atomic E-state index is -0.344. The molecule has 6 heteroatoms. The van der Waals surface area contributed by atoms with Crippen molar-refractivity contribution < 1.29 is 9.13 Å². The number of hydrogen-bond acceptors (Lipinski definition) is 3. The minimum Gasteiger partial charge on any atom is -0.487 e. The van der Waals surface area contributed by atoms with Gasteiger partial charge in [-0.05, 0) is 12.1 Å². The van der Waals surface area contributed by atoms with E-state index in [9.17, 15) is 4.39 Å². The minimum absolute atomic E-state index is 0.268. The van der Waals surface area contributed by atoms with Crippen molar-refractivity contribution in [3.8, 4) is 5.75 Å². The van der Waals surface area contributed by atoms with Crippen LogP contribution in [0.2, 0.25) is 0 Å². The molecule has 0 saturated carbocycles. The summed E-state index contributed by atoms with van der Waals surface area (Å²) in [6.07, 6.45) is 1.74. The molecule has 0 radical (unpaired) electrons. The summed E-state index contributed by atoms with van der Waals surface area (Å²) in [5.74, 6) is 0.112. The molecule has 1 aromatic carbocycles. The second-order valence-corrected chi connectivity index (χ2v) is 4.19. The number of hydrogen-bond donors (Lipinski definition) is 0. The molecule has 0 N–H and O–H groups in total. The van der Waals surface area contributed by atoms with Gasteiger partial charge in [-0.15, -0.1) is 5.10 Å². The van der Waals surface area contributed by atoms with E-state index in [1.807, 2.05) is 0 Å². The van der Waals surface area contributed by atoms with Gasteiger partial charge in [-0.1, -0.05) is 21.1 Å². The van der Waals surface area contributed by atoms with Crippen molar-refractivity contribution in [1.82, 2.24) is 15.0 Å². The highest BCUT2D eigenvalue weighted by atomic mass is 79.9. The van der Waals surface area contributed by atoms with E-state index in [0.717, 1.165) is 0 Å². The molecular formula is C10H9BrFN3O. The fraction of sp³-hybridized carbons (Fsp3) is 0.200. The largest absolute Gasteiger partial charge is 0.487 e. The van der Waals surface area contributed by atoms with Gasteiger partial charge >= 0.3 is 0 Å². The summed E-state index contributed by atoms with van der Waals surface area (Å²) in [4.78, 5) is 0. The van der Waals surface area contributed by atoms with Crippen molar-refractivity contribution in [2.75, 3.05) is 0 Å². The smallest absolute Gasteiger partial charge is 0.134 e. The molecule has 0 aliphatic rings. The highest BCUT2D eigenvalue weighted by Crippen LogP contribution is 2.21. The van der Waals surface area contributed by atoms with Crippen LogP contribution in [0.4, 0.5) is 4.39 Å². The Kier molecular flexibility index (Phi) is 3.19. The Morgan fingerprint density at radius 2 is 2.25 bits per heavy atom. The van der Waals surface area contributed by atoms with Crippen molar-refractivity contribution >= 4 is 15.9 Å². The van der Waals surface area contributed by atoms with Crippen LogP contribution in [-0.4, -0.2) is 15.0 Å². The molecule has 2 rings (SSSR count). The van der Waals surface area contributed by atoms with Crippen molar-refractivity contribution in [2.45, 2.75) is 6.61 Å². The van der Waals surface area contributed by atoms with Gasteiger partial charge in [0.05, 0.1) is 6.20 Å². The maximum Gasteiger partial charge on any atom is 0.134 e. The maximum atomic E-state index is 13.0. The Bertz CT molecular complexity index is 480. The number of aromatic nitrogens is 3. The zero-order valence-corrected chi connectivity index (χ0v) is 10.1. The third-order valence-electron chi connectivity index (χ3n) is 1.87. The van der Waals surface area contributed by atoms with Crippen LogP contribution in [0.3, 0.4) is 0 Å². The summed E-state index contributed by atoms with van der Waals surface area (Å²) >= 11 is 3.19. The van der Waals surface area contributed by atoms with Gasteiger partial charge in [0, 0.05) is 17.6 Å². The summed E-state index contributed by atoms with van der Waals surface area (Å²) in [7, 11) is 1.77. The van der Waals surface area contributed by atoms with E-state index in [2.05, 4.69) is 26.2 Å². The highest BCUT2D eigenvalue weighted by Gasteiger charge is 2.02. The van der Waals surface area contributed by atoms with Crippen LogP contribution >= 0.6 is 15.9 Å². The predicted octanol–water partition coefficient (Wildman–Crippen LogP) is 2.30. The van der Waals surface area contributed by atoms with Crippen LogP contribution < -0.4 is 4.74 Å². The first-order valence-corrected chi connectivity index (χ1v) is 5.37. The quantitative estimate of drug-likeness (QED) is 0.869. The Hall–Kier alpha value is -1.43. The average molecular weight is 286 g/mol. The fourth-order valence-electron chi connectivity index (χ4n) is 1.23. The van der Waals surface area contributed by atoms with Gasteiger partial charge in [-0.2, -0.15) is 0 Å². The summed E-state index contributed by atoms with van der Waals surface area (Å²) in [6.45, 7) is 0.268. The van der Waals surface area contributed by atoms with Crippen LogP contribution in [0.1, 0.15) is 5.69 Å². The summed E-state index contributed by atoms with van der Waals surface area (Å²) < 4.78 is 20.6. The first-order valence-electron chi connectivity index (χ1n) is 4.57. The van der Waals surface area contributed by atoms with Crippen LogP contribution in [0, 0.1) is 5.82 Å². The van der Waals surface area contributed by atoms with Crippen LogP contribution in [-0.2, 0) is 13.7 Å². The third-order valence-corrected chi connectivity index (χ3v) is 2.33. The summed E-state index contributed by atoms with van der Waals surface area (Å²) in [5.41, 5.74) is 0.697. The molecule has 0 saturated heterocycles. The van der Waals surface area contributed by atoms with Crippen LogP contribution in [0.15, 0.2) is 28.9 Å². The lowest BCUT2D eigenvalue weighted by Crippen LogP contribution is -1.96. The maximum absolute atomic E-state index is 13.0. The van der Waals surface area contributed by atoms with E-state index < -0.39 is 0 Å². The van der Waals surface area contributed by atoms with Crippen LogP contribution in [0.5, 0.6) is 5.75 Å². The molecule has 84 valence electrons. The number of ether oxygens (including phenoxy) is 1. The SMILES string of the molecule is Cn1cc(COc2cc(F)cc(Br)c2)nn1. The standard InChI is InChI=1S/C10H9BrFN3O/c1-15-5-9(13-14-15)6-16-10-3-7(11)2-8(12)4-10/h2-5H,6H2,1H3. The summed E-state index contributed by atoms with van der Waals surface area (Å²) in [6, 6.07) is 4.38. The van der Waals surface area contributed by atoms with Gasteiger partial charge in [0.2, 0.25) is 0 Å². The molecule has 0 amide bonds. The Labute approximate surface area is 100 Å². The molecule has 0 unspecified atom stereocenters. The Morgan fingerprint density at radius 1 is 1.44 bits per heavy atom. The first kappa shape index (κ1) is 11.1. The second-order valence-electron chi connectivity index (χ2n) is 3.28. The molecule has 4 nitrogen and oxygen atoms in total. The Morgan fingerprint density at radius 3 is 2.88 bits per heavy atom. The zero-order chi connectivity index (χ0) is 11.5. The van der Waals surface area contributed by atoms with E-state index in [-0.39, 0.29) is 12.4 Å². The van der Waals surface area contributed by atoms with Crippen LogP contribution in [0.25, 0.3) is 0 Å². The van der Waals surface area contributed by atoms with Gasteiger partial charge in [0.1, 0.15) is 23.9 Å². The van der Waals surface area contributed by atoms with E-state index >= 15 is 0 Å². The molecule has 0 atom stereocenters. The number of benzene rings is 1. The number of nitrogens with zero attached hydrogens (tertiary/aromatic N) is 3. The van der Waals surface area contributed by atoms with E-state index in [1.54, 1.807) is 24.0 Å². The first-order chi connectivity index (χ1) is 7.63. The molecule has 0 fully saturated rings. The van der Waals surface area contributed by atoms with E-state index in [4.69, 9.17) is 4.74 Å². The second kappa shape index (κ2) is 4.61.